The van der Waals surface area contributed by atoms with Gasteiger partial charge in [-0.05, 0) is 32.9 Å². The lowest BCUT2D eigenvalue weighted by atomic mass is 10.1. The minimum Gasteiger partial charge on any atom is -0.435 e. The van der Waals surface area contributed by atoms with Crippen molar-refractivity contribution in [2.24, 2.45) is 0 Å². The summed E-state index contributed by atoms with van der Waals surface area (Å²) in [6.45, 7) is -1.12. The predicted molar refractivity (Wildman–Crippen MR) is 71.6 cm³/mol. The van der Waals surface area contributed by atoms with Crippen LogP contribution < -0.4 is 20.1 Å². The van der Waals surface area contributed by atoms with Crippen LogP contribution in [0, 0.1) is 0 Å². The van der Waals surface area contributed by atoms with E-state index >= 15 is 0 Å². The molecule has 2 N–H and O–H groups in total. The quantitative estimate of drug-likeness (QED) is 0.810. The lowest BCUT2D eigenvalue weighted by Gasteiger charge is -2.21. The molecule has 1 aromatic rings. The molecule has 1 rings (SSSR count). The first-order chi connectivity index (χ1) is 10.1. The number of carbonyl (C=O) groups excluding carboxylic acids is 1. The van der Waals surface area contributed by atoms with E-state index in [4.69, 9.17) is 0 Å². The molecule has 1 aromatic carbocycles. The molecule has 124 valence electrons. The minimum atomic E-state index is -3.19. The highest BCUT2D eigenvalue weighted by molar-refractivity contribution is 5.91. The maximum atomic E-state index is 12.4. The van der Waals surface area contributed by atoms with E-state index in [-0.39, 0.29) is 11.4 Å². The van der Waals surface area contributed by atoms with Crippen LogP contribution in [0.1, 0.15) is 20.8 Å². The monoisotopic (exact) mass is 324 g/mol. The van der Waals surface area contributed by atoms with Crippen LogP contribution >= 0.6 is 0 Å². The standard InChI is InChI=1S/C13H16F4N2O3/c1-13(2,3)19-12(20)18-8-5-4-7(21-10(14)15)6-9(8)22-11(16)17/h4-6,10-11H,1-3H3,(H2,18,19,20). The van der Waals surface area contributed by atoms with E-state index in [1.165, 1.54) is 0 Å². The highest BCUT2D eigenvalue weighted by Crippen LogP contribution is 2.31. The number of benzene rings is 1. The van der Waals surface area contributed by atoms with Gasteiger partial charge in [0.05, 0.1) is 5.69 Å². The van der Waals surface area contributed by atoms with Gasteiger partial charge in [0.15, 0.2) is 5.75 Å². The summed E-state index contributed by atoms with van der Waals surface area (Å²) < 4.78 is 57.3. The lowest BCUT2D eigenvalue weighted by molar-refractivity contribution is -0.0539. The molecule has 0 unspecified atom stereocenters. The van der Waals surface area contributed by atoms with E-state index in [1.54, 1.807) is 20.8 Å². The predicted octanol–water partition coefficient (Wildman–Crippen LogP) is 3.81. The Bertz CT molecular complexity index is 518. The van der Waals surface area contributed by atoms with Gasteiger partial charge in [-0.15, -0.1) is 0 Å². The summed E-state index contributed by atoms with van der Waals surface area (Å²) in [5.41, 5.74) is -0.657. The van der Waals surface area contributed by atoms with E-state index in [2.05, 4.69) is 20.1 Å². The molecule has 2 amide bonds. The fourth-order valence-corrected chi connectivity index (χ4v) is 1.47. The second kappa shape index (κ2) is 7.19. The van der Waals surface area contributed by atoms with Gasteiger partial charge in [-0.3, -0.25) is 0 Å². The lowest BCUT2D eigenvalue weighted by Crippen LogP contribution is -2.43. The Morgan fingerprint density at radius 1 is 1.09 bits per heavy atom. The third kappa shape index (κ3) is 6.51. The summed E-state index contributed by atoms with van der Waals surface area (Å²) in [6.07, 6.45) is 0. The van der Waals surface area contributed by atoms with E-state index in [1.807, 2.05) is 0 Å². The molecule has 0 aliphatic heterocycles. The number of amides is 2. The molecule has 0 heterocycles. The van der Waals surface area contributed by atoms with Crippen molar-refractivity contribution in [3.63, 3.8) is 0 Å². The Morgan fingerprint density at radius 2 is 1.68 bits per heavy atom. The first kappa shape index (κ1) is 17.9. The molecule has 5 nitrogen and oxygen atoms in total. The average Bonchev–Trinajstić information content (AvgIpc) is 2.28. The van der Waals surface area contributed by atoms with Gasteiger partial charge in [-0.25, -0.2) is 4.79 Å². The Morgan fingerprint density at radius 3 is 2.18 bits per heavy atom. The van der Waals surface area contributed by atoms with Crippen LogP contribution in [0.4, 0.5) is 28.0 Å². The van der Waals surface area contributed by atoms with Crippen LogP contribution in [0.3, 0.4) is 0 Å². The van der Waals surface area contributed by atoms with Crippen molar-refractivity contribution in [3.05, 3.63) is 18.2 Å². The van der Waals surface area contributed by atoms with Crippen molar-refractivity contribution >= 4 is 11.7 Å². The third-order valence-electron chi connectivity index (χ3n) is 2.13. The second-order valence-corrected chi connectivity index (χ2v) is 5.24. The number of anilines is 1. The summed E-state index contributed by atoms with van der Waals surface area (Å²) in [7, 11) is 0. The second-order valence-electron chi connectivity index (χ2n) is 5.24. The molecule has 0 aliphatic rings. The van der Waals surface area contributed by atoms with Gasteiger partial charge < -0.3 is 20.1 Å². The van der Waals surface area contributed by atoms with Crippen LogP contribution in [0.2, 0.25) is 0 Å². The number of halogens is 4. The summed E-state index contributed by atoms with van der Waals surface area (Å²) in [4.78, 5) is 11.7. The summed E-state index contributed by atoms with van der Waals surface area (Å²) in [6, 6.07) is 2.40. The van der Waals surface area contributed by atoms with Crippen molar-refractivity contribution in [2.75, 3.05) is 5.32 Å². The van der Waals surface area contributed by atoms with Crippen LogP contribution in [0.25, 0.3) is 0 Å². The zero-order valence-corrected chi connectivity index (χ0v) is 12.1. The van der Waals surface area contributed by atoms with Crippen molar-refractivity contribution < 1.29 is 31.8 Å². The molecule has 0 saturated carbocycles. The molecule has 0 radical (unpaired) electrons. The molecule has 0 aromatic heterocycles. The van der Waals surface area contributed by atoms with Crippen molar-refractivity contribution in [1.82, 2.24) is 5.32 Å². The minimum absolute atomic E-state index is 0.108. The highest BCUT2D eigenvalue weighted by Gasteiger charge is 2.18. The number of hydrogen-bond donors (Lipinski definition) is 2. The number of ether oxygens (including phenoxy) is 2. The number of hydrogen-bond acceptors (Lipinski definition) is 3. The van der Waals surface area contributed by atoms with Crippen LogP contribution in [0.15, 0.2) is 18.2 Å². The Kier molecular flexibility index (Phi) is 5.84. The number of urea groups is 1. The van der Waals surface area contributed by atoms with Crippen LogP contribution in [-0.2, 0) is 0 Å². The van der Waals surface area contributed by atoms with E-state index < -0.39 is 30.5 Å². The van der Waals surface area contributed by atoms with Gasteiger partial charge in [0, 0.05) is 11.6 Å². The van der Waals surface area contributed by atoms with Gasteiger partial charge in [0.25, 0.3) is 0 Å². The number of carbonyl (C=O) groups is 1. The first-order valence-corrected chi connectivity index (χ1v) is 6.19. The molecule has 0 fully saturated rings. The van der Waals surface area contributed by atoms with Crippen molar-refractivity contribution in [2.45, 2.75) is 39.5 Å². The average molecular weight is 324 g/mol. The summed E-state index contributed by atoms with van der Waals surface area (Å²) in [5.74, 6) is -0.857. The van der Waals surface area contributed by atoms with Crippen LogP contribution in [0.5, 0.6) is 11.5 Å². The fourth-order valence-electron chi connectivity index (χ4n) is 1.47. The van der Waals surface area contributed by atoms with Crippen LogP contribution in [-0.4, -0.2) is 24.8 Å². The van der Waals surface area contributed by atoms with Gasteiger partial charge >= 0.3 is 19.3 Å². The molecule has 0 saturated heterocycles. The Balaban J connectivity index is 2.94. The number of alkyl halides is 4. The maximum Gasteiger partial charge on any atom is 0.387 e. The van der Waals surface area contributed by atoms with Gasteiger partial charge in [0.2, 0.25) is 0 Å². The molecule has 0 bridgehead atoms. The maximum absolute atomic E-state index is 12.4. The molecule has 9 heteroatoms. The van der Waals surface area contributed by atoms with Gasteiger partial charge in [-0.1, -0.05) is 0 Å². The van der Waals surface area contributed by atoms with Crippen molar-refractivity contribution in [3.8, 4) is 11.5 Å². The van der Waals surface area contributed by atoms with E-state index in [0.29, 0.717) is 0 Å². The number of nitrogens with one attached hydrogen (secondary N) is 2. The zero-order valence-electron chi connectivity index (χ0n) is 12.1. The smallest absolute Gasteiger partial charge is 0.387 e. The summed E-state index contributed by atoms with van der Waals surface area (Å²) in [5, 5.41) is 4.85. The first-order valence-electron chi connectivity index (χ1n) is 6.19. The molecule has 0 spiro atoms. The van der Waals surface area contributed by atoms with Gasteiger partial charge in [-0.2, -0.15) is 17.6 Å². The normalized spacial score (nSPS) is 11.5. The van der Waals surface area contributed by atoms with Gasteiger partial charge in [0.1, 0.15) is 5.75 Å². The number of rotatable bonds is 5. The van der Waals surface area contributed by atoms with E-state index in [0.717, 1.165) is 18.2 Å². The SMILES string of the molecule is CC(C)(C)NC(=O)Nc1ccc(OC(F)F)cc1OC(F)F. The molecule has 0 atom stereocenters. The Hall–Kier alpha value is -2.19. The molecular formula is C13H16F4N2O3. The molecule has 0 aliphatic carbocycles. The largest absolute Gasteiger partial charge is 0.435 e. The zero-order chi connectivity index (χ0) is 16.9. The van der Waals surface area contributed by atoms with Crippen molar-refractivity contribution in [1.29, 1.82) is 0 Å². The highest BCUT2D eigenvalue weighted by atomic mass is 19.3. The third-order valence-corrected chi connectivity index (χ3v) is 2.13. The van der Waals surface area contributed by atoms with E-state index in [9.17, 15) is 22.4 Å². The molecular weight excluding hydrogens is 308 g/mol. The molecule has 22 heavy (non-hydrogen) atoms. The Labute approximate surface area is 124 Å². The topological polar surface area (TPSA) is 59.6 Å². The summed E-state index contributed by atoms with van der Waals surface area (Å²) >= 11 is 0. The fraction of sp³-hybridized carbons (Fsp3) is 0.462.